The second-order valence-electron chi connectivity index (χ2n) is 12.8. The number of fused-ring (bicyclic) bond motifs is 3. The standard InChI is InChI=1S/C26H43NO7.ClH/c1-10-23(7)13-16(29)26(32)24(8)15(28)11-12-22(5,6)19(24)18(31)20(25(26,9)34-23)33-17(30)14-27-21(2,3)4;/h10,15,18-20,27-28,31-32H,1,11-14H2,2-9H3;1H/t15-,18?,19?,20?,23-,24?,25+,26-;/m0./s1. The normalized spacial score (nSPS) is 44.9. The highest BCUT2D eigenvalue weighted by Crippen LogP contribution is 2.67. The van der Waals surface area contributed by atoms with E-state index in [1.54, 1.807) is 13.8 Å². The van der Waals surface area contributed by atoms with E-state index in [-0.39, 0.29) is 30.9 Å². The van der Waals surface area contributed by atoms with Crippen molar-refractivity contribution in [2.75, 3.05) is 6.54 Å². The number of ether oxygens (including phenoxy) is 2. The molecule has 1 aliphatic heterocycles. The van der Waals surface area contributed by atoms with Crippen LogP contribution >= 0.6 is 12.4 Å². The molecule has 2 saturated carbocycles. The number of carbonyl (C=O) groups is 2. The van der Waals surface area contributed by atoms with Gasteiger partial charge in [-0.25, -0.2) is 0 Å². The van der Waals surface area contributed by atoms with Crippen molar-refractivity contribution in [3.8, 4) is 0 Å². The fourth-order valence-corrected chi connectivity index (χ4v) is 7.00. The van der Waals surface area contributed by atoms with Gasteiger partial charge in [0.15, 0.2) is 17.5 Å². The van der Waals surface area contributed by atoms with Gasteiger partial charge in [-0.05, 0) is 52.9 Å². The summed E-state index contributed by atoms with van der Waals surface area (Å²) < 4.78 is 12.2. The number of carbonyl (C=O) groups excluding carboxylic acids is 2. The average Bonchev–Trinajstić information content (AvgIpc) is 2.69. The van der Waals surface area contributed by atoms with Crippen LogP contribution in [-0.4, -0.2) is 74.3 Å². The lowest BCUT2D eigenvalue weighted by atomic mass is 9.40. The molecule has 0 spiro atoms. The van der Waals surface area contributed by atoms with Crippen LogP contribution in [0, 0.1) is 16.7 Å². The summed E-state index contributed by atoms with van der Waals surface area (Å²) in [5.74, 6) is -1.90. The highest BCUT2D eigenvalue weighted by molar-refractivity contribution is 5.92. The highest BCUT2D eigenvalue weighted by atomic mass is 35.5. The number of ketones is 1. The second kappa shape index (κ2) is 9.07. The maximum Gasteiger partial charge on any atom is 0.320 e. The Kier molecular flexibility index (Phi) is 7.82. The van der Waals surface area contributed by atoms with Gasteiger partial charge >= 0.3 is 5.97 Å². The Hall–Kier alpha value is -1.03. The summed E-state index contributed by atoms with van der Waals surface area (Å²) in [5.41, 5.74) is -7.53. The van der Waals surface area contributed by atoms with E-state index in [1.165, 1.54) is 13.0 Å². The Labute approximate surface area is 215 Å². The monoisotopic (exact) mass is 517 g/mol. The van der Waals surface area contributed by atoms with Gasteiger partial charge in [0.05, 0.1) is 24.4 Å². The zero-order valence-corrected chi connectivity index (χ0v) is 23.1. The molecule has 35 heavy (non-hydrogen) atoms. The molecule has 0 aromatic rings. The lowest BCUT2D eigenvalue weighted by Crippen LogP contribution is -2.86. The van der Waals surface area contributed by atoms with E-state index >= 15 is 0 Å². The summed E-state index contributed by atoms with van der Waals surface area (Å²) in [6.45, 7) is 18.1. The summed E-state index contributed by atoms with van der Waals surface area (Å²) in [6.07, 6.45) is -1.44. The molecule has 1 saturated heterocycles. The van der Waals surface area contributed by atoms with Gasteiger partial charge in [-0.3, -0.25) is 9.59 Å². The smallest absolute Gasteiger partial charge is 0.320 e. The Balaban J connectivity index is 0.00000432. The number of hydrogen-bond donors (Lipinski definition) is 4. The quantitative estimate of drug-likeness (QED) is 0.330. The van der Waals surface area contributed by atoms with Crippen LogP contribution in [0.4, 0.5) is 0 Å². The zero-order chi connectivity index (χ0) is 26.1. The van der Waals surface area contributed by atoms with E-state index in [0.717, 1.165) is 0 Å². The van der Waals surface area contributed by atoms with Crippen molar-refractivity contribution in [1.29, 1.82) is 0 Å². The summed E-state index contributed by atoms with van der Waals surface area (Å²) in [4.78, 5) is 26.7. The molecule has 3 rings (SSSR count). The minimum Gasteiger partial charge on any atom is -0.455 e. The minimum atomic E-state index is -2.22. The van der Waals surface area contributed by atoms with Crippen LogP contribution < -0.4 is 5.32 Å². The molecule has 202 valence electrons. The first-order valence-corrected chi connectivity index (χ1v) is 12.2. The number of rotatable bonds is 4. The number of aliphatic hydroxyl groups is 3. The third kappa shape index (κ3) is 4.38. The van der Waals surface area contributed by atoms with Crippen molar-refractivity contribution in [1.82, 2.24) is 5.32 Å². The third-order valence-corrected chi connectivity index (χ3v) is 8.75. The summed E-state index contributed by atoms with van der Waals surface area (Å²) >= 11 is 0. The molecule has 4 N–H and O–H groups in total. The molecule has 4 unspecified atom stereocenters. The van der Waals surface area contributed by atoms with Crippen molar-refractivity contribution in [3.05, 3.63) is 12.7 Å². The molecule has 0 aromatic carbocycles. The second-order valence-corrected chi connectivity index (χ2v) is 12.8. The molecule has 0 amide bonds. The predicted molar refractivity (Wildman–Crippen MR) is 134 cm³/mol. The molecule has 1 heterocycles. The van der Waals surface area contributed by atoms with Crippen LogP contribution in [0.15, 0.2) is 12.7 Å². The molecule has 0 radical (unpaired) electrons. The van der Waals surface area contributed by atoms with Crippen molar-refractivity contribution >= 4 is 24.2 Å². The molecule has 8 atom stereocenters. The van der Waals surface area contributed by atoms with E-state index in [0.29, 0.717) is 12.8 Å². The predicted octanol–water partition coefficient (Wildman–Crippen LogP) is 2.31. The van der Waals surface area contributed by atoms with Gasteiger partial charge in [0.25, 0.3) is 0 Å². The lowest BCUT2D eigenvalue weighted by molar-refractivity contribution is -0.370. The highest BCUT2D eigenvalue weighted by Gasteiger charge is 2.81. The van der Waals surface area contributed by atoms with E-state index < -0.39 is 63.6 Å². The zero-order valence-electron chi connectivity index (χ0n) is 22.3. The van der Waals surface area contributed by atoms with E-state index in [1.807, 2.05) is 34.6 Å². The number of hydrogen-bond acceptors (Lipinski definition) is 8. The van der Waals surface area contributed by atoms with Gasteiger partial charge in [0.2, 0.25) is 0 Å². The third-order valence-electron chi connectivity index (χ3n) is 8.75. The average molecular weight is 518 g/mol. The summed E-state index contributed by atoms with van der Waals surface area (Å²) in [6, 6.07) is 0. The van der Waals surface area contributed by atoms with Crippen LogP contribution in [0.5, 0.6) is 0 Å². The van der Waals surface area contributed by atoms with Crippen LogP contribution in [-0.2, 0) is 19.1 Å². The van der Waals surface area contributed by atoms with Crippen LogP contribution in [0.2, 0.25) is 0 Å². The molecule has 2 aliphatic carbocycles. The molecule has 3 fully saturated rings. The lowest BCUT2D eigenvalue weighted by Gasteiger charge is -2.71. The Morgan fingerprint density at radius 2 is 1.80 bits per heavy atom. The van der Waals surface area contributed by atoms with Gasteiger partial charge in [0, 0.05) is 23.3 Å². The number of esters is 1. The molecule has 0 aromatic heterocycles. The first kappa shape index (κ1) is 30.2. The molecule has 8 nitrogen and oxygen atoms in total. The van der Waals surface area contributed by atoms with Gasteiger partial charge in [-0.1, -0.05) is 26.8 Å². The first-order chi connectivity index (χ1) is 15.3. The number of Topliss-reactive ketones (excluding diaryl/α,β-unsaturated/α-hetero) is 1. The van der Waals surface area contributed by atoms with Crippen molar-refractivity contribution in [2.24, 2.45) is 16.7 Å². The number of nitrogens with one attached hydrogen (secondary N) is 1. The van der Waals surface area contributed by atoms with Crippen LogP contribution in [0.25, 0.3) is 0 Å². The van der Waals surface area contributed by atoms with Crippen molar-refractivity contribution in [3.63, 3.8) is 0 Å². The van der Waals surface area contributed by atoms with E-state index in [2.05, 4.69) is 11.9 Å². The minimum absolute atomic E-state index is 0. The first-order valence-electron chi connectivity index (χ1n) is 12.2. The van der Waals surface area contributed by atoms with Crippen molar-refractivity contribution in [2.45, 2.75) is 115 Å². The SMILES string of the molecule is C=C[C@@]1(C)CC(=O)[C@]2(O)C3(C)C(C(O)C(OC(=O)CNC(C)(C)C)[C@@]2(C)O1)C(C)(C)CC[C@@H]3O.Cl. The topological polar surface area (TPSA) is 125 Å². The van der Waals surface area contributed by atoms with Gasteiger partial charge in [0.1, 0.15) is 5.60 Å². The fourth-order valence-electron chi connectivity index (χ4n) is 7.00. The van der Waals surface area contributed by atoms with Crippen molar-refractivity contribution < 1.29 is 34.4 Å². The maximum atomic E-state index is 13.8. The number of aliphatic hydroxyl groups excluding tert-OH is 2. The van der Waals surface area contributed by atoms with Gasteiger partial charge < -0.3 is 30.1 Å². The Bertz CT molecular complexity index is 872. The molecular formula is C26H44ClNO7. The summed E-state index contributed by atoms with van der Waals surface area (Å²) in [5, 5.41) is 38.5. The van der Waals surface area contributed by atoms with E-state index in [9.17, 15) is 24.9 Å². The van der Waals surface area contributed by atoms with Gasteiger partial charge in [-0.15, -0.1) is 19.0 Å². The maximum absolute atomic E-state index is 13.8. The summed E-state index contributed by atoms with van der Waals surface area (Å²) in [7, 11) is 0. The Morgan fingerprint density at radius 1 is 1.23 bits per heavy atom. The number of halogens is 1. The van der Waals surface area contributed by atoms with Gasteiger partial charge in [-0.2, -0.15) is 0 Å². The molecular weight excluding hydrogens is 474 g/mol. The van der Waals surface area contributed by atoms with E-state index in [4.69, 9.17) is 9.47 Å². The largest absolute Gasteiger partial charge is 0.455 e. The fraction of sp³-hybridized carbons (Fsp3) is 0.846. The molecule has 3 aliphatic rings. The molecule has 9 heteroatoms. The molecule has 0 bridgehead atoms. The Morgan fingerprint density at radius 3 is 2.31 bits per heavy atom. The van der Waals surface area contributed by atoms with Crippen LogP contribution in [0.3, 0.4) is 0 Å². The van der Waals surface area contributed by atoms with Crippen LogP contribution in [0.1, 0.15) is 74.7 Å².